The largest absolute Gasteiger partial charge is 0.478 e. The van der Waals surface area contributed by atoms with Crippen LogP contribution in [0, 0.1) is 11.8 Å². The second-order valence-corrected chi connectivity index (χ2v) is 5.25. The summed E-state index contributed by atoms with van der Waals surface area (Å²) in [7, 11) is 0. The van der Waals surface area contributed by atoms with Gasteiger partial charge in [-0.15, -0.1) is 0 Å². The lowest BCUT2D eigenvalue weighted by Gasteiger charge is -2.27. The van der Waals surface area contributed by atoms with Crippen molar-refractivity contribution in [2.75, 3.05) is 11.9 Å². The molecule has 2 N–H and O–H groups in total. The highest BCUT2D eigenvalue weighted by molar-refractivity contribution is 5.93. The molecule has 98 valence electrons. The van der Waals surface area contributed by atoms with Crippen LogP contribution in [0.2, 0.25) is 0 Å². The Bertz CT molecular complexity index is 420. The molecule has 4 nitrogen and oxygen atoms in total. The number of hydrogen-bond donors (Lipinski definition) is 2. The Hall–Kier alpha value is -1.58. The van der Waals surface area contributed by atoms with Crippen molar-refractivity contribution in [3.8, 4) is 0 Å². The van der Waals surface area contributed by atoms with Crippen molar-refractivity contribution >= 4 is 11.7 Å². The number of nitrogens with zero attached hydrogens (tertiary/aromatic N) is 1. The van der Waals surface area contributed by atoms with Crippen LogP contribution in [0.5, 0.6) is 0 Å². The van der Waals surface area contributed by atoms with Gasteiger partial charge < -0.3 is 10.4 Å². The number of carboxylic acids is 1. The third kappa shape index (κ3) is 3.22. The van der Waals surface area contributed by atoms with E-state index in [-0.39, 0.29) is 5.56 Å². The first-order valence-electron chi connectivity index (χ1n) is 6.58. The van der Waals surface area contributed by atoms with Crippen LogP contribution in [0.3, 0.4) is 0 Å². The van der Waals surface area contributed by atoms with Gasteiger partial charge in [-0.3, -0.25) is 4.98 Å². The molecule has 0 aromatic carbocycles. The summed E-state index contributed by atoms with van der Waals surface area (Å²) in [5.41, 5.74) is 0.928. The van der Waals surface area contributed by atoms with Gasteiger partial charge in [0.05, 0.1) is 5.69 Å². The van der Waals surface area contributed by atoms with Crippen molar-refractivity contribution in [1.82, 2.24) is 4.98 Å². The van der Waals surface area contributed by atoms with E-state index >= 15 is 0 Å². The molecule has 0 radical (unpaired) electrons. The Morgan fingerprint density at radius 2 is 2.39 bits per heavy atom. The summed E-state index contributed by atoms with van der Waals surface area (Å²) >= 11 is 0. The van der Waals surface area contributed by atoms with Crippen molar-refractivity contribution in [3.63, 3.8) is 0 Å². The first-order chi connectivity index (χ1) is 8.66. The smallest absolute Gasteiger partial charge is 0.339 e. The minimum Gasteiger partial charge on any atom is -0.478 e. The number of aromatic carboxylic acids is 1. The number of hydrogen-bond acceptors (Lipinski definition) is 3. The highest BCUT2D eigenvalue weighted by Gasteiger charge is 2.19. The molecule has 1 saturated carbocycles. The van der Waals surface area contributed by atoms with Gasteiger partial charge in [-0.25, -0.2) is 4.79 Å². The summed E-state index contributed by atoms with van der Waals surface area (Å²) in [4.78, 5) is 14.9. The van der Waals surface area contributed by atoms with Crippen molar-refractivity contribution in [3.05, 3.63) is 24.0 Å². The van der Waals surface area contributed by atoms with Gasteiger partial charge in [0.1, 0.15) is 5.56 Å². The minimum absolute atomic E-state index is 0.251. The standard InChI is InChI=1S/C14H20N2O2/c1-10-3-2-4-11(7-10)8-16-13-5-6-15-9-12(13)14(17)18/h5-6,9-11H,2-4,7-8H2,1H3,(H,15,16)(H,17,18). The van der Waals surface area contributed by atoms with Crippen LogP contribution in [0.4, 0.5) is 5.69 Å². The van der Waals surface area contributed by atoms with E-state index < -0.39 is 5.97 Å². The van der Waals surface area contributed by atoms with E-state index in [2.05, 4.69) is 17.2 Å². The van der Waals surface area contributed by atoms with Gasteiger partial charge >= 0.3 is 5.97 Å². The van der Waals surface area contributed by atoms with Gasteiger partial charge in [0.2, 0.25) is 0 Å². The lowest BCUT2D eigenvalue weighted by molar-refractivity contribution is 0.0697. The van der Waals surface area contributed by atoms with E-state index in [1.165, 1.54) is 31.9 Å². The van der Waals surface area contributed by atoms with Crippen LogP contribution in [0.15, 0.2) is 18.5 Å². The summed E-state index contributed by atoms with van der Waals surface area (Å²) < 4.78 is 0. The normalized spacial score (nSPS) is 23.6. The van der Waals surface area contributed by atoms with Gasteiger partial charge in [-0.2, -0.15) is 0 Å². The molecule has 0 spiro atoms. The van der Waals surface area contributed by atoms with Crippen LogP contribution in [-0.2, 0) is 0 Å². The average Bonchev–Trinajstić information content (AvgIpc) is 2.37. The molecular weight excluding hydrogens is 228 g/mol. The first-order valence-corrected chi connectivity index (χ1v) is 6.58. The number of aromatic nitrogens is 1. The predicted octanol–water partition coefficient (Wildman–Crippen LogP) is 3.02. The van der Waals surface area contributed by atoms with Crippen LogP contribution < -0.4 is 5.32 Å². The lowest BCUT2D eigenvalue weighted by Crippen LogP contribution is -2.21. The molecule has 4 heteroatoms. The van der Waals surface area contributed by atoms with Gasteiger partial charge in [-0.05, 0) is 30.7 Å². The average molecular weight is 248 g/mol. The van der Waals surface area contributed by atoms with Gasteiger partial charge in [0.25, 0.3) is 0 Å². The zero-order chi connectivity index (χ0) is 13.0. The van der Waals surface area contributed by atoms with Crippen molar-refractivity contribution in [2.24, 2.45) is 11.8 Å². The van der Waals surface area contributed by atoms with E-state index in [4.69, 9.17) is 5.11 Å². The van der Waals surface area contributed by atoms with E-state index in [0.717, 1.165) is 12.5 Å². The molecule has 1 aliphatic carbocycles. The fourth-order valence-electron chi connectivity index (χ4n) is 2.72. The molecule has 0 saturated heterocycles. The molecule has 0 amide bonds. The zero-order valence-electron chi connectivity index (χ0n) is 10.7. The minimum atomic E-state index is -0.928. The molecule has 18 heavy (non-hydrogen) atoms. The van der Waals surface area contributed by atoms with Crippen LogP contribution in [0.1, 0.15) is 43.0 Å². The summed E-state index contributed by atoms with van der Waals surface area (Å²) in [6.45, 7) is 3.15. The molecule has 2 unspecified atom stereocenters. The number of pyridine rings is 1. The highest BCUT2D eigenvalue weighted by Crippen LogP contribution is 2.28. The predicted molar refractivity (Wildman–Crippen MR) is 70.8 cm³/mol. The zero-order valence-corrected chi connectivity index (χ0v) is 10.7. The fourth-order valence-corrected chi connectivity index (χ4v) is 2.72. The highest BCUT2D eigenvalue weighted by atomic mass is 16.4. The Kier molecular flexibility index (Phi) is 4.18. The Morgan fingerprint density at radius 1 is 1.56 bits per heavy atom. The van der Waals surface area contributed by atoms with E-state index in [9.17, 15) is 4.79 Å². The third-order valence-corrected chi connectivity index (χ3v) is 3.68. The maximum Gasteiger partial charge on any atom is 0.339 e. The third-order valence-electron chi connectivity index (χ3n) is 3.68. The van der Waals surface area contributed by atoms with Gasteiger partial charge in [-0.1, -0.05) is 19.8 Å². The molecule has 1 aliphatic rings. The molecule has 1 fully saturated rings. The molecule has 0 bridgehead atoms. The molecular formula is C14H20N2O2. The fraction of sp³-hybridized carbons (Fsp3) is 0.571. The van der Waals surface area contributed by atoms with Crippen molar-refractivity contribution in [2.45, 2.75) is 32.6 Å². The number of anilines is 1. The quantitative estimate of drug-likeness (QED) is 0.859. The van der Waals surface area contributed by atoms with E-state index in [1.54, 1.807) is 12.3 Å². The molecule has 2 atom stereocenters. The van der Waals surface area contributed by atoms with Gasteiger partial charge in [0, 0.05) is 18.9 Å². The van der Waals surface area contributed by atoms with E-state index in [1.807, 2.05) is 0 Å². The van der Waals surface area contributed by atoms with Crippen LogP contribution in [0.25, 0.3) is 0 Å². The Balaban J connectivity index is 1.95. The summed E-state index contributed by atoms with van der Waals surface area (Å²) in [6.07, 6.45) is 8.11. The first kappa shape index (κ1) is 12.9. The number of rotatable bonds is 4. The molecule has 0 aliphatic heterocycles. The molecule has 1 heterocycles. The van der Waals surface area contributed by atoms with Crippen molar-refractivity contribution in [1.29, 1.82) is 0 Å². The lowest BCUT2D eigenvalue weighted by atomic mass is 9.82. The maximum atomic E-state index is 11.0. The summed E-state index contributed by atoms with van der Waals surface area (Å²) in [5.74, 6) is 0.521. The topological polar surface area (TPSA) is 62.2 Å². The SMILES string of the molecule is CC1CCCC(CNc2ccncc2C(=O)O)C1. The Labute approximate surface area is 107 Å². The Morgan fingerprint density at radius 3 is 3.11 bits per heavy atom. The van der Waals surface area contributed by atoms with E-state index in [0.29, 0.717) is 11.6 Å². The number of nitrogens with one attached hydrogen (secondary N) is 1. The second kappa shape index (κ2) is 5.85. The molecule has 2 rings (SSSR count). The number of carboxylic acid groups (broad SMARTS) is 1. The monoisotopic (exact) mass is 248 g/mol. The summed E-state index contributed by atoms with van der Waals surface area (Å²) in [5, 5.41) is 12.3. The molecule has 1 aromatic heterocycles. The molecule has 1 aromatic rings. The van der Waals surface area contributed by atoms with Crippen molar-refractivity contribution < 1.29 is 9.90 Å². The number of carbonyl (C=O) groups is 1. The second-order valence-electron chi connectivity index (χ2n) is 5.25. The maximum absolute atomic E-state index is 11.0. The summed E-state index contributed by atoms with van der Waals surface area (Å²) in [6, 6.07) is 1.73. The van der Waals surface area contributed by atoms with Crippen LogP contribution in [-0.4, -0.2) is 22.6 Å². The van der Waals surface area contributed by atoms with Gasteiger partial charge in [0.15, 0.2) is 0 Å². The van der Waals surface area contributed by atoms with Crippen LogP contribution >= 0.6 is 0 Å².